The van der Waals surface area contributed by atoms with Gasteiger partial charge in [0.15, 0.2) is 0 Å². The van der Waals surface area contributed by atoms with Gasteiger partial charge >= 0.3 is 5.97 Å². The average Bonchev–Trinajstić information content (AvgIpc) is 2.64. The SMILES string of the molecule is COC(=O)c1cc(I)c2nccn2c1. The third-order valence-electron chi connectivity index (χ3n) is 1.86. The molecular formula is C9H7IN2O2. The highest BCUT2D eigenvalue weighted by Crippen LogP contribution is 2.14. The summed E-state index contributed by atoms with van der Waals surface area (Å²) in [6.45, 7) is 0. The van der Waals surface area contributed by atoms with Crippen molar-refractivity contribution in [3.8, 4) is 0 Å². The van der Waals surface area contributed by atoms with Crippen LogP contribution in [0.1, 0.15) is 10.4 Å². The van der Waals surface area contributed by atoms with Crippen molar-refractivity contribution in [3.63, 3.8) is 0 Å². The summed E-state index contributed by atoms with van der Waals surface area (Å²) in [5.74, 6) is -0.335. The third-order valence-corrected chi connectivity index (χ3v) is 2.66. The van der Waals surface area contributed by atoms with Crippen molar-refractivity contribution in [1.82, 2.24) is 9.38 Å². The summed E-state index contributed by atoms with van der Waals surface area (Å²) in [6, 6.07) is 1.76. The Morgan fingerprint density at radius 2 is 2.43 bits per heavy atom. The fraction of sp³-hybridized carbons (Fsp3) is 0.111. The van der Waals surface area contributed by atoms with E-state index in [1.54, 1.807) is 29.1 Å². The largest absolute Gasteiger partial charge is 0.465 e. The Bertz CT molecular complexity index is 493. The number of pyridine rings is 1. The van der Waals surface area contributed by atoms with Gasteiger partial charge in [0.05, 0.1) is 16.2 Å². The Morgan fingerprint density at radius 1 is 1.64 bits per heavy atom. The molecule has 72 valence electrons. The Morgan fingerprint density at radius 3 is 3.14 bits per heavy atom. The summed E-state index contributed by atoms with van der Waals surface area (Å²) >= 11 is 2.14. The predicted molar refractivity (Wildman–Crippen MR) is 59.2 cm³/mol. The van der Waals surface area contributed by atoms with E-state index in [1.807, 2.05) is 0 Å². The number of esters is 1. The highest BCUT2D eigenvalue weighted by molar-refractivity contribution is 14.1. The molecule has 2 aromatic rings. The molecule has 5 heteroatoms. The molecular weight excluding hydrogens is 295 g/mol. The Kier molecular flexibility index (Phi) is 2.40. The highest BCUT2D eigenvalue weighted by Gasteiger charge is 2.09. The Balaban J connectivity index is 2.64. The number of carbonyl (C=O) groups excluding carboxylic acids is 1. The van der Waals surface area contributed by atoms with Crippen LogP contribution in [0.2, 0.25) is 0 Å². The number of hydrogen-bond acceptors (Lipinski definition) is 3. The lowest BCUT2D eigenvalue weighted by atomic mass is 10.3. The van der Waals surface area contributed by atoms with Crippen LogP contribution in [-0.4, -0.2) is 22.5 Å². The molecule has 0 spiro atoms. The van der Waals surface area contributed by atoms with Gasteiger partial charge in [-0.2, -0.15) is 0 Å². The van der Waals surface area contributed by atoms with Gasteiger partial charge in [0.1, 0.15) is 5.65 Å². The van der Waals surface area contributed by atoms with Crippen molar-refractivity contribution in [1.29, 1.82) is 0 Å². The minimum atomic E-state index is -0.335. The van der Waals surface area contributed by atoms with Gasteiger partial charge in [0, 0.05) is 18.6 Å². The molecule has 0 aliphatic rings. The molecule has 0 fully saturated rings. The zero-order valence-electron chi connectivity index (χ0n) is 7.40. The lowest BCUT2D eigenvalue weighted by Gasteiger charge is -2.01. The number of methoxy groups -OCH3 is 1. The molecule has 0 aromatic carbocycles. The number of rotatable bonds is 1. The standard InChI is InChI=1S/C9H7IN2O2/c1-14-9(13)6-4-7(10)8-11-2-3-12(8)5-6/h2-5H,1H3. The van der Waals surface area contributed by atoms with Gasteiger partial charge in [-0.15, -0.1) is 0 Å². The van der Waals surface area contributed by atoms with Crippen LogP contribution < -0.4 is 0 Å². The molecule has 0 N–H and O–H groups in total. The Hall–Kier alpha value is -1.11. The lowest BCUT2D eigenvalue weighted by Crippen LogP contribution is -2.03. The van der Waals surface area contributed by atoms with Crippen molar-refractivity contribution >= 4 is 34.2 Å². The first kappa shape index (κ1) is 9.45. The fourth-order valence-electron chi connectivity index (χ4n) is 1.22. The number of halogens is 1. The molecule has 2 rings (SSSR count). The number of ether oxygens (including phenoxy) is 1. The van der Waals surface area contributed by atoms with E-state index < -0.39 is 0 Å². The van der Waals surface area contributed by atoms with Crippen LogP contribution in [0, 0.1) is 3.57 Å². The second-order valence-corrected chi connectivity index (χ2v) is 3.89. The second-order valence-electron chi connectivity index (χ2n) is 2.73. The van der Waals surface area contributed by atoms with E-state index in [0.717, 1.165) is 9.22 Å². The van der Waals surface area contributed by atoms with Gasteiger partial charge in [0.25, 0.3) is 0 Å². The molecule has 0 bridgehead atoms. The van der Waals surface area contributed by atoms with Crippen molar-refractivity contribution in [2.75, 3.05) is 7.11 Å². The van der Waals surface area contributed by atoms with E-state index in [1.165, 1.54) is 7.11 Å². The van der Waals surface area contributed by atoms with Crippen molar-refractivity contribution in [3.05, 3.63) is 33.8 Å². The van der Waals surface area contributed by atoms with Crippen molar-refractivity contribution in [2.45, 2.75) is 0 Å². The summed E-state index contributed by atoms with van der Waals surface area (Å²) in [5.41, 5.74) is 1.38. The van der Waals surface area contributed by atoms with E-state index in [4.69, 9.17) is 0 Å². The van der Waals surface area contributed by atoms with Gasteiger partial charge < -0.3 is 9.14 Å². The van der Waals surface area contributed by atoms with E-state index in [9.17, 15) is 4.79 Å². The summed E-state index contributed by atoms with van der Waals surface area (Å²) in [5, 5.41) is 0. The molecule has 0 aliphatic carbocycles. The molecule has 0 unspecified atom stereocenters. The van der Waals surface area contributed by atoms with Gasteiger partial charge in [-0.1, -0.05) is 0 Å². The fourth-order valence-corrected chi connectivity index (χ4v) is 1.97. The summed E-state index contributed by atoms with van der Waals surface area (Å²) in [6.07, 6.45) is 5.19. The number of nitrogens with zero attached hydrogens (tertiary/aromatic N) is 2. The summed E-state index contributed by atoms with van der Waals surface area (Å²) in [7, 11) is 1.37. The zero-order chi connectivity index (χ0) is 10.1. The smallest absolute Gasteiger partial charge is 0.339 e. The third kappa shape index (κ3) is 1.47. The van der Waals surface area contributed by atoms with Gasteiger partial charge in [-0.25, -0.2) is 9.78 Å². The van der Waals surface area contributed by atoms with E-state index in [2.05, 4.69) is 32.3 Å². The van der Waals surface area contributed by atoms with Crippen LogP contribution in [0.5, 0.6) is 0 Å². The van der Waals surface area contributed by atoms with Crippen molar-refractivity contribution in [2.24, 2.45) is 0 Å². The maximum absolute atomic E-state index is 11.3. The number of aromatic nitrogens is 2. The number of carbonyl (C=O) groups is 1. The quantitative estimate of drug-likeness (QED) is 0.595. The van der Waals surface area contributed by atoms with Gasteiger partial charge in [-0.05, 0) is 28.7 Å². The molecule has 0 saturated heterocycles. The van der Waals surface area contributed by atoms with Gasteiger partial charge in [-0.3, -0.25) is 0 Å². The summed E-state index contributed by atoms with van der Waals surface area (Å²) in [4.78, 5) is 15.4. The van der Waals surface area contributed by atoms with Gasteiger partial charge in [0.2, 0.25) is 0 Å². The molecule has 0 aliphatic heterocycles. The second kappa shape index (κ2) is 3.56. The zero-order valence-corrected chi connectivity index (χ0v) is 9.56. The van der Waals surface area contributed by atoms with E-state index in [0.29, 0.717) is 5.56 Å². The molecule has 2 heterocycles. The molecule has 0 saturated carbocycles. The van der Waals surface area contributed by atoms with Crippen LogP contribution in [-0.2, 0) is 4.74 Å². The van der Waals surface area contributed by atoms with Crippen LogP contribution >= 0.6 is 22.6 Å². The van der Waals surface area contributed by atoms with Crippen LogP contribution in [0.25, 0.3) is 5.65 Å². The average molecular weight is 302 g/mol. The molecule has 0 radical (unpaired) electrons. The maximum Gasteiger partial charge on any atom is 0.339 e. The Labute approximate surface area is 94.0 Å². The molecule has 0 amide bonds. The predicted octanol–water partition coefficient (Wildman–Crippen LogP) is 1.73. The first-order chi connectivity index (χ1) is 6.72. The number of fused-ring (bicyclic) bond motifs is 1. The van der Waals surface area contributed by atoms with Crippen molar-refractivity contribution < 1.29 is 9.53 Å². The lowest BCUT2D eigenvalue weighted by molar-refractivity contribution is 0.0600. The van der Waals surface area contributed by atoms with E-state index >= 15 is 0 Å². The molecule has 4 nitrogen and oxygen atoms in total. The molecule has 14 heavy (non-hydrogen) atoms. The topological polar surface area (TPSA) is 43.6 Å². The normalized spacial score (nSPS) is 10.4. The maximum atomic E-state index is 11.3. The summed E-state index contributed by atoms with van der Waals surface area (Å²) < 4.78 is 7.37. The van der Waals surface area contributed by atoms with E-state index in [-0.39, 0.29) is 5.97 Å². The molecule has 2 aromatic heterocycles. The first-order valence-electron chi connectivity index (χ1n) is 3.93. The van der Waals surface area contributed by atoms with Crippen LogP contribution in [0.3, 0.4) is 0 Å². The minimum Gasteiger partial charge on any atom is -0.465 e. The van der Waals surface area contributed by atoms with Crippen LogP contribution in [0.4, 0.5) is 0 Å². The minimum absolute atomic E-state index is 0.335. The number of hydrogen-bond donors (Lipinski definition) is 0. The first-order valence-corrected chi connectivity index (χ1v) is 5.01. The monoisotopic (exact) mass is 302 g/mol. The van der Waals surface area contributed by atoms with Crippen LogP contribution in [0.15, 0.2) is 24.7 Å². The highest BCUT2D eigenvalue weighted by atomic mass is 127. The number of imidazole rings is 1. The molecule has 0 atom stereocenters.